The van der Waals surface area contributed by atoms with Gasteiger partial charge in [0, 0.05) is 28.0 Å². The van der Waals surface area contributed by atoms with Crippen molar-refractivity contribution in [2.24, 2.45) is 0 Å². The molecule has 3 atom stereocenters. The maximum Gasteiger partial charge on any atom is 0.246 e. The van der Waals surface area contributed by atoms with Gasteiger partial charge in [-0.25, -0.2) is 0 Å². The first-order valence-electron chi connectivity index (χ1n) is 7.15. The normalized spacial score (nSPS) is 28.5. The topological polar surface area (TPSA) is 50.4 Å². The van der Waals surface area contributed by atoms with E-state index in [2.05, 4.69) is 35.8 Å². The summed E-state index contributed by atoms with van der Waals surface area (Å²) in [5.74, 6) is 0.0431. The lowest BCUT2D eigenvalue weighted by Crippen LogP contribution is -2.27. The maximum absolute atomic E-state index is 11.9. The van der Waals surface area contributed by atoms with Crippen molar-refractivity contribution in [1.82, 2.24) is 5.32 Å². The van der Waals surface area contributed by atoms with Crippen LogP contribution in [0.5, 0.6) is 0 Å². The summed E-state index contributed by atoms with van der Waals surface area (Å²) in [5.41, 5.74) is 1.99. The first kappa shape index (κ1) is 13.9. The van der Waals surface area contributed by atoms with Crippen LogP contribution in [0, 0.1) is 0 Å². The Morgan fingerprint density at radius 3 is 3.05 bits per heavy atom. The summed E-state index contributed by atoms with van der Waals surface area (Å²) in [6.07, 6.45) is 1.40. The number of fused-ring (bicyclic) bond motifs is 1. The van der Waals surface area contributed by atoms with Gasteiger partial charge in [0.25, 0.3) is 0 Å². The average molecular weight is 292 g/mol. The average Bonchev–Trinajstić information content (AvgIpc) is 2.95. The van der Waals surface area contributed by atoms with Gasteiger partial charge in [0.15, 0.2) is 0 Å². The van der Waals surface area contributed by atoms with Crippen molar-refractivity contribution in [2.75, 3.05) is 18.5 Å². The van der Waals surface area contributed by atoms with Gasteiger partial charge in [-0.15, -0.1) is 11.8 Å². The monoisotopic (exact) mass is 292 g/mol. The molecule has 2 heterocycles. The zero-order chi connectivity index (χ0) is 14.1. The Balaban J connectivity index is 1.77. The lowest BCUT2D eigenvalue weighted by molar-refractivity contribution is -0.117. The molecule has 108 valence electrons. The first-order chi connectivity index (χ1) is 9.69. The molecule has 0 saturated carbocycles. The smallest absolute Gasteiger partial charge is 0.246 e. The Kier molecular flexibility index (Phi) is 4.01. The van der Waals surface area contributed by atoms with Gasteiger partial charge in [0.1, 0.15) is 6.04 Å². The van der Waals surface area contributed by atoms with Crippen molar-refractivity contribution in [2.45, 2.75) is 42.6 Å². The van der Waals surface area contributed by atoms with Crippen LogP contribution in [0.2, 0.25) is 0 Å². The Morgan fingerprint density at radius 1 is 1.50 bits per heavy atom. The quantitative estimate of drug-likeness (QED) is 0.895. The molecule has 0 spiro atoms. The molecule has 0 aromatic heterocycles. The summed E-state index contributed by atoms with van der Waals surface area (Å²) in [5, 5.41) is 6.68. The van der Waals surface area contributed by atoms with Crippen LogP contribution in [0.4, 0.5) is 5.69 Å². The van der Waals surface area contributed by atoms with E-state index in [1.807, 2.05) is 18.7 Å². The van der Waals surface area contributed by atoms with Gasteiger partial charge in [-0.1, -0.05) is 13.0 Å². The summed E-state index contributed by atoms with van der Waals surface area (Å²) < 4.78 is 5.60. The van der Waals surface area contributed by atoms with Gasteiger partial charge >= 0.3 is 0 Å². The summed E-state index contributed by atoms with van der Waals surface area (Å²) in [6.45, 7) is 5.77. The fraction of sp³-hybridized carbons (Fsp3) is 0.533. The van der Waals surface area contributed by atoms with Crippen molar-refractivity contribution < 1.29 is 9.53 Å². The second-order valence-corrected chi connectivity index (χ2v) is 6.56. The molecule has 1 amide bonds. The highest BCUT2D eigenvalue weighted by Crippen LogP contribution is 2.38. The minimum absolute atomic E-state index is 0.0431. The van der Waals surface area contributed by atoms with Crippen LogP contribution in [0.3, 0.4) is 0 Å². The molecule has 1 aromatic rings. The van der Waals surface area contributed by atoms with Gasteiger partial charge in [-0.3, -0.25) is 4.79 Å². The van der Waals surface area contributed by atoms with Gasteiger partial charge in [0.05, 0.1) is 6.10 Å². The van der Waals surface area contributed by atoms with E-state index < -0.39 is 0 Å². The maximum atomic E-state index is 11.9. The second kappa shape index (κ2) is 5.76. The van der Waals surface area contributed by atoms with Crippen LogP contribution >= 0.6 is 11.8 Å². The van der Waals surface area contributed by atoms with E-state index in [0.717, 1.165) is 30.8 Å². The largest absolute Gasteiger partial charge is 0.377 e. The van der Waals surface area contributed by atoms with E-state index >= 15 is 0 Å². The number of anilines is 1. The molecule has 0 bridgehead atoms. The van der Waals surface area contributed by atoms with Gasteiger partial charge in [0.2, 0.25) is 5.91 Å². The molecular weight excluding hydrogens is 272 g/mol. The first-order valence-corrected chi connectivity index (χ1v) is 8.03. The number of carbonyl (C=O) groups is 1. The lowest BCUT2D eigenvalue weighted by atomic mass is 10.1. The van der Waals surface area contributed by atoms with Crippen LogP contribution in [0.1, 0.15) is 31.9 Å². The van der Waals surface area contributed by atoms with E-state index in [4.69, 9.17) is 4.74 Å². The number of amides is 1. The Labute approximate surface area is 123 Å². The predicted molar refractivity (Wildman–Crippen MR) is 81.2 cm³/mol. The van der Waals surface area contributed by atoms with Crippen molar-refractivity contribution in [1.29, 1.82) is 0 Å². The number of carbonyl (C=O) groups excluding carboxylic acids is 1. The molecule has 1 aromatic carbocycles. The molecule has 0 aliphatic carbocycles. The number of nitrogens with one attached hydrogen (secondary N) is 2. The zero-order valence-electron chi connectivity index (χ0n) is 11.8. The van der Waals surface area contributed by atoms with Crippen molar-refractivity contribution in [3.63, 3.8) is 0 Å². The molecule has 2 N–H and O–H groups in total. The molecule has 20 heavy (non-hydrogen) atoms. The zero-order valence-corrected chi connectivity index (χ0v) is 12.6. The summed E-state index contributed by atoms with van der Waals surface area (Å²) in [7, 11) is 0. The number of thioether (sulfide) groups is 1. The van der Waals surface area contributed by atoms with E-state index in [9.17, 15) is 4.79 Å². The lowest BCUT2D eigenvalue weighted by Gasteiger charge is -2.14. The fourth-order valence-electron chi connectivity index (χ4n) is 2.76. The fourth-order valence-corrected chi connectivity index (χ4v) is 3.93. The molecule has 5 heteroatoms. The molecule has 1 saturated heterocycles. The van der Waals surface area contributed by atoms with E-state index in [1.165, 1.54) is 4.90 Å². The Morgan fingerprint density at radius 2 is 2.35 bits per heavy atom. The number of ether oxygens (including phenoxy) is 1. The van der Waals surface area contributed by atoms with Gasteiger partial charge in [-0.05, 0) is 32.0 Å². The molecule has 2 aliphatic heterocycles. The number of benzene rings is 1. The summed E-state index contributed by atoms with van der Waals surface area (Å²) >= 11 is 1.84. The molecule has 4 nitrogen and oxygen atoms in total. The SMILES string of the molecule is CCNC1C(=O)Nc2cc(SC3CCOC3C)ccc21. The second-order valence-electron chi connectivity index (χ2n) is 5.25. The van der Waals surface area contributed by atoms with Crippen molar-refractivity contribution >= 4 is 23.4 Å². The van der Waals surface area contributed by atoms with Crippen molar-refractivity contribution in [3.05, 3.63) is 23.8 Å². The number of hydrogen-bond acceptors (Lipinski definition) is 4. The van der Waals surface area contributed by atoms with Crippen LogP contribution in [0.25, 0.3) is 0 Å². The minimum atomic E-state index is -0.206. The summed E-state index contributed by atoms with van der Waals surface area (Å²) in [4.78, 5) is 13.1. The third-order valence-corrected chi connectivity index (χ3v) is 5.31. The highest BCUT2D eigenvalue weighted by molar-refractivity contribution is 8.00. The Hall–Kier alpha value is -1.04. The molecular formula is C15H20N2O2S. The number of likely N-dealkylation sites (N-methyl/N-ethyl adjacent to an activating group) is 1. The molecule has 2 aliphatic rings. The van der Waals surface area contributed by atoms with Crippen LogP contribution in [-0.2, 0) is 9.53 Å². The Bertz CT molecular complexity index is 521. The van der Waals surface area contributed by atoms with E-state index in [1.54, 1.807) is 0 Å². The molecule has 3 unspecified atom stereocenters. The molecule has 1 fully saturated rings. The van der Waals surface area contributed by atoms with Crippen LogP contribution in [-0.4, -0.2) is 30.4 Å². The van der Waals surface area contributed by atoms with Crippen LogP contribution < -0.4 is 10.6 Å². The van der Waals surface area contributed by atoms with Crippen LogP contribution in [0.15, 0.2) is 23.1 Å². The molecule has 0 radical (unpaired) electrons. The highest BCUT2D eigenvalue weighted by Gasteiger charge is 2.30. The van der Waals surface area contributed by atoms with Gasteiger partial charge < -0.3 is 15.4 Å². The van der Waals surface area contributed by atoms with Gasteiger partial charge in [-0.2, -0.15) is 0 Å². The standard InChI is InChI=1S/C15H20N2O2S/c1-3-16-14-11-5-4-10(8-12(11)17-15(14)18)20-13-6-7-19-9(13)2/h4-5,8-9,13-14,16H,3,6-7H2,1-2H3,(H,17,18). The molecule has 3 rings (SSSR count). The minimum Gasteiger partial charge on any atom is -0.377 e. The number of rotatable bonds is 4. The van der Waals surface area contributed by atoms with E-state index in [0.29, 0.717) is 11.4 Å². The third kappa shape index (κ3) is 2.57. The third-order valence-electron chi connectivity index (χ3n) is 3.86. The number of hydrogen-bond donors (Lipinski definition) is 2. The van der Waals surface area contributed by atoms with Crippen molar-refractivity contribution in [3.8, 4) is 0 Å². The summed E-state index contributed by atoms with van der Waals surface area (Å²) in [6, 6.07) is 6.05. The highest BCUT2D eigenvalue weighted by atomic mass is 32.2. The van der Waals surface area contributed by atoms with E-state index in [-0.39, 0.29) is 11.9 Å². The predicted octanol–water partition coefficient (Wildman–Crippen LogP) is 2.56.